The first kappa shape index (κ1) is 14.3. The Labute approximate surface area is 117 Å². The van der Waals surface area contributed by atoms with E-state index in [4.69, 9.17) is 4.74 Å². The number of amides is 2. The molecule has 1 heterocycles. The third-order valence-corrected chi connectivity index (χ3v) is 3.29. The lowest BCUT2D eigenvalue weighted by Crippen LogP contribution is -2.30. The minimum absolute atomic E-state index is 0.0205. The van der Waals surface area contributed by atoms with Gasteiger partial charge < -0.3 is 20.1 Å². The summed E-state index contributed by atoms with van der Waals surface area (Å²) in [4.78, 5) is 25.5. The Morgan fingerprint density at radius 2 is 2.15 bits per heavy atom. The van der Waals surface area contributed by atoms with E-state index in [0.717, 1.165) is 0 Å². The molecule has 1 aromatic carbocycles. The van der Waals surface area contributed by atoms with E-state index >= 15 is 0 Å². The van der Waals surface area contributed by atoms with Crippen LogP contribution in [0.1, 0.15) is 6.42 Å². The molecule has 0 bridgehead atoms. The second-order valence-electron chi connectivity index (χ2n) is 4.77. The molecule has 1 fully saturated rings. The van der Waals surface area contributed by atoms with Crippen molar-refractivity contribution >= 4 is 17.5 Å². The van der Waals surface area contributed by atoms with Crippen LogP contribution in [0.4, 0.5) is 5.69 Å². The summed E-state index contributed by atoms with van der Waals surface area (Å²) in [5.41, 5.74) is 0.607. The number of benzene rings is 1. The molecule has 2 rings (SSSR count). The second-order valence-corrected chi connectivity index (χ2v) is 4.77. The Hall–Kier alpha value is -2.08. The number of ether oxygens (including phenoxy) is 1. The lowest BCUT2D eigenvalue weighted by Gasteiger charge is -2.15. The Balaban J connectivity index is 1.90. The van der Waals surface area contributed by atoms with Crippen LogP contribution in [0.5, 0.6) is 5.75 Å². The van der Waals surface area contributed by atoms with Crippen LogP contribution in [0, 0.1) is 5.92 Å². The van der Waals surface area contributed by atoms with Gasteiger partial charge in [-0.25, -0.2) is 0 Å². The Bertz CT molecular complexity index is 486. The highest BCUT2D eigenvalue weighted by Crippen LogP contribution is 2.20. The van der Waals surface area contributed by atoms with Crippen LogP contribution in [-0.2, 0) is 14.3 Å². The number of carbonyl (C=O) groups is 2. The van der Waals surface area contributed by atoms with E-state index in [2.05, 4.69) is 5.32 Å². The molecule has 1 saturated heterocycles. The van der Waals surface area contributed by atoms with Crippen molar-refractivity contribution in [1.82, 2.24) is 4.90 Å². The molecular weight excluding hydrogens is 260 g/mol. The smallest absolute Gasteiger partial charge is 0.229 e. The summed E-state index contributed by atoms with van der Waals surface area (Å²) in [5.74, 6) is -0.394. The first-order valence-electron chi connectivity index (χ1n) is 6.46. The molecule has 1 atom stereocenters. The lowest BCUT2D eigenvalue weighted by molar-refractivity contribution is -0.128. The van der Waals surface area contributed by atoms with Crippen LogP contribution >= 0.6 is 0 Å². The van der Waals surface area contributed by atoms with Crippen molar-refractivity contribution in [2.75, 3.05) is 32.1 Å². The minimum atomic E-state index is -0.340. The van der Waals surface area contributed by atoms with Crippen molar-refractivity contribution in [3.8, 4) is 5.75 Å². The third-order valence-electron chi connectivity index (χ3n) is 3.29. The highest BCUT2D eigenvalue weighted by atomic mass is 16.5. The molecule has 0 saturated carbocycles. The van der Waals surface area contributed by atoms with Crippen LogP contribution in [0.25, 0.3) is 0 Å². The number of hydrogen-bond acceptors (Lipinski definition) is 4. The van der Waals surface area contributed by atoms with Gasteiger partial charge in [-0.05, 0) is 24.3 Å². The Kier molecular flexibility index (Phi) is 4.57. The average Bonchev–Trinajstić information content (AvgIpc) is 2.80. The molecular formula is C14H18N2O4. The van der Waals surface area contributed by atoms with Crippen molar-refractivity contribution in [3.63, 3.8) is 0 Å². The predicted octanol–water partition coefficient (Wildman–Crippen LogP) is 0.826. The number of carbonyl (C=O) groups excluding carboxylic acids is 2. The van der Waals surface area contributed by atoms with Crippen molar-refractivity contribution in [2.24, 2.45) is 5.92 Å². The van der Waals surface area contributed by atoms with Gasteiger partial charge in [-0.15, -0.1) is 0 Å². The van der Waals surface area contributed by atoms with Crippen LogP contribution < -0.4 is 5.32 Å². The first-order valence-corrected chi connectivity index (χ1v) is 6.46. The highest BCUT2D eigenvalue weighted by molar-refractivity contribution is 5.97. The van der Waals surface area contributed by atoms with Gasteiger partial charge in [-0.1, -0.05) is 0 Å². The summed E-state index contributed by atoms with van der Waals surface area (Å²) in [7, 11) is 1.58. The van der Waals surface area contributed by atoms with Crippen molar-refractivity contribution in [3.05, 3.63) is 24.3 Å². The van der Waals surface area contributed by atoms with Gasteiger partial charge in [0, 0.05) is 32.3 Å². The van der Waals surface area contributed by atoms with E-state index in [1.54, 1.807) is 24.1 Å². The number of phenolic OH excluding ortho intramolecular Hbond substituents is 1. The van der Waals surface area contributed by atoms with Crippen molar-refractivity contribution in [1.29, 1.82) is 0 Å². The third kappa shape index (κ3) is 3.48. The molecule has 108 valence electrons. The zero-order chi connectivity index (χ0) is 14.5. The summed E-state index contributed by atoms with van der Waals surface area (Å²) in [6.07, 6.45) is 0.230. The van der Waals surface area contributed by atoms with Crippen LogP contribution in [0.2, 0.25) is 0 Å². The largest absolute Gasteiger partial charge is 0.508 e. The van der Waals surface area contributed by atoms with Crippen LogP contribution in [0.3, 0.4) is 0 Å². The number of nitrogens with one attached hydrogen (secondary N) is 1. The van der Waals surface area contributed by atoms with E-state index in [1.165, 1.54) is 12.1 Å². The number of methoxy groups -OCH3 is 1. The van der Waals surface area contributed by atoms with Crippen molar-refractivity contribution in [2.45, 2.75) is 6.42 Å². The molecule has 0 radical (unpaired) electrons. The monoisotopic (exact) mass is 278 g/mol. The van der Waals surface area contributed by atoms with E-state index in [1.807, 2.05) is 0 Å². The number of nitrogens with zero attached hydrogens (tertiary/aromatic N) is 1. The topological polar surface area (TPSA) is 78.9 Å². The molecule has 0 aromatic heterocycles. The SMILES string of the molecule is COCCN1CC(C(=O)Nc2ccc(O)cc2)CC1=O. The second kappa shape index (κ2) is 6.38. The molecule has 2 N–H and O–H groups in total. The predicted molar refractivity (Wildman–Crippen MR) is 73.3 cm³/mol. The van der Waals surface area contributed by atoms with Gasteiger partial charge in [0.15, 0.2) is 0 Å². The number of anilines is 1. The minimum Gasteiger partial charge on any atom is -0.508 e. The summed E-state index contributed by atoms with van der Waals surface area (Å²) < 4.78 is 4.94. The number of aromatic hydroxyl groups is 1. The van der Waals surface area contributed by atoms with E-state index in [9.17, 15) is 14.7 Å². The van der Waals surface area contributed by atoms with Crippen LogP contribution in [-0.4, -0.2) is 48.6 Å². The summed E-state index contributed by atoms with van der Waals surface area (Å²) in [5, 5.41) is 11.9. The van der Waals surface area contributed by atoms with E-state index in [-0.39, 0.29) is 29.9 Å². The normalized spacial score (nSPS) is 18.4. The summed E-state index contributed by atoms with van der Waals surface area (Å²) >= 11 is 0. The van der Waals surface area contributed by atoms with E-state index < -0.39 is 0 Å². The molecule has 1 aliphatic rings. The van der Waals surface area contributed by atoms with Gasteiger partial charge in [0.1, 0.15) is 5.75 Å². The fraction of sp³-hybridized carbons (Fsp3) is 0.429. The highest BCUT2D eigenvalue weighted by Gasteiger charge is 2.33. The quantitative estimate of drug-likeness (QED) is 0.782. The molecule has 6 heteroatoms. The maximum atomic E-state index is 12.1. The Morgan fingerprint density at radius 3 is 2.80 bits per heavy atom. The Morgan fingerprint density at radius 1 is 1.45 bits per heavy atom. The molecule has 0 aliphatic carbocycles. The molecule has 0 spiro atoms. The maximum Gasteiger partial charge on any atom is 0.229 e. The fourth-order valence-electron chi connectivity index (χ4n) is 2.15. The zero-order valence-corrected chi connectivity index (χ0v) is 11.3. The molecule has 1 aliphatic heterocycles. The molecule has 6 nitrogen and oxygen atoms in total. The standard InChI is InChI=1S/C14H18N2O4/c1-20-7-6-16-9-10(8-13(16)18)14(19)15-11-2-4-12(17)5-3-11/h2-5,10,17H,6-9H2,1H3,(H,15,19). The first-order chi connectivity index (χ1) is 9.60. The van der Waals surface area contributed by atoms with Crippen LogP contribution in [0.15, 0.2) is 24.3 Å². The molecule has 1 unspecified atom stereocenters. The van der Waals surface area contributed by atoms with Crippen molar-refractivity contribution < 1.29 is 19.4 Å². The van der Waals surface area contributed by atoms with Gasteiger partial charge in [0.25, 0.3) is 0 Å². The van der Waals surface area contributed by atoms with Gasteiger partial charge in [0.05, 0.1) is 12.5 Å². The number of rotatable bonds is 5. The van der Waals surface area contributed by atoms with Gasteiger partial charge >= 0.3 is 0 Å². The number of hydrogen-bond donors (Lipinski definition) is 2. The number of likely N-dealkylation sites (tertiary alicyclic amines) is 1. The summed E-state index contributed by atoms with van der Waals surface area (Å²) in [6.45, 7) is 1.41. The average molecular weight is 278 g/mol. The summed E-state index contributed by atoms with van der Waals surface area (Å²) in [6, 6.07) is 6.24. The van der Waals surface area contributed by atoms with Gasteiger partial charge in [0.2, 0.25) is 11.8 Å². The maximum absolute atomic E-state index is 12.1. The van der Waals surface area contributed by atoms with Gasteiger partial charge in [-0.3, -0.25) is 9.59 Å². The van der Waals surface area contributed by atoms with Gasteiger partial charge in [-0.2, -0.15) is 0 Å². The van der Waals surface area contributed by atoms with E-state index in [0.29, 0.717) is 25.4 Å². The lowest BCUT2D eigenvalue weighted by atomic mass is 10.1. The number of phenols is 1. The molecule has 2 amide bonds. The molecule has 1 aromatic rings. The fourth-order valence-corrected chi connectivity index (χ4v) is 2.15. The molecule has 20 heavy (non-hydrogen) atoms. The zero-order valence-electron chi connectivity index (χ0n) is 11.3.